The number of hydrogen-bond acceptors (Lipinski definition) is 5. The van der Waals surface area contributed by atoms with Gasteiger partial charge in [-0.15, -0.1) is 0 Å². The number of nitrogen functional groups attached to an aromatic ring is 1. The zero-order valence-electron chi connectivity index (χ0n) is 14.0. The first-order valence-corrected chi connectivity index (χ1v) is 7.66. The van der Waals surface area contributed by atoms with Crippen LogP contribution in [0.25, 0.3) is 22.4 Å². The van der Waals surface area contributed by atoms with Crippen molar-refractivity contribution in [2.75, 3.05) is 20.0 Å². The molecule has 0 bridgehead atoms. The highest BCUT2D eigenvalue weighted by Gasteiger charge is 2.16. The number of nitrogens with zero attached hydrogens (tertiary/aromatic N) is 2. The first-order chi connectivity index (χ1) is 12.2. The lowest BCUT2D eigenvalue weighted by atomic mass is 9.97. The summed E-state index contributed by atoms with van der Waals surface area (Å²) in [5.41, 5.74) is 9.44. The van der Waals surface area contributed by atoms with Gasteiger partial charge in [-0.2, -0.15) is 5.26 Å². The van der Waals surface area contributed by atoms with E-state index in [-0.39, 0.29) is 5.82 Å². The van der Waals surface area contributed by atoms with Crippen LogP contribution in [0.3, 0.4) is 0 Å². The molecule has 0 saturated carbocycles. The van der Waals surface area contributed by atoms with Gasteiger partial charge in [0.15, 0.2) is 0 Å². The number of aromatic nitrogens is 1. The molecule has 3 rings (SSSR count). The maximum absolute atomic E-state index is 9.53. The molecule has 0 atom stereocenters. The molecule has 3 aromatic rings. The fourth-order valence-electron chi connectivity index (χ4n) is 2.67. The molecule has 0 saturated heterocycles. The lowest BCUT2D eigenvalue weighted by molar-refractivity contribution is 0.415. The maximum atomic E-state index is 9.53. The van der Waals surface area contributed by atoms with Gasteiger partial charge in [0.25, 0.3) is 0 Å². The van der Waals surface area contributed by atoms with Crippen LogP contribution in [0.4, 0.5) is 5.82 Å². The van der Waals surface area contributed by atoms with E-state index in [0.29, 0.717) is 22.6 Å². The van der Waals surface area contributed by atoms with Gasteiger partial charge in [-0.25, -0.2) is 4.98 Å². The fraction of sp³-hybridized carbons (Fsp3) is 0.100. The van der Waals surface area contributed by atoms with Crippen LogP contribution < -0.4 is 15.2 Å². The molecule has 1 heterocycles. The van der Waals surface area contributed by atoms with Crippen molar-refractivity contribution in [1.82, 2.24) is 4.98 Å². The Labute approximate surface area is 146 Å². The van der Waals surface area contributed by atoms with E-state index in [4.69, 9.17) is 15.2 Å². The lowest BCUT2D eigenvalue weighted by Crippen LogP contribution is -2.00. The van der Waals surface area contributed by atoms with Crippen molar-refractivity contribution in [2.45, 2.75) is 0 Å². The number of pyridine rings is 1. The van der Waals surface area contributed by atoms with Crippen LogP contribution in [0, 0.1) is 11.3 Å². The second kappa shape index (κ2) is 6.93. The number of hydrogen-bond donors (Lipinski definition) is 1. The maximum Gasteiger partial charge on any atom is 0.142 e. The molecular weight excluding hydrogens is 314 g/mol. The molecule has 124 valence electrons. The number of nitrogens with two attached hydrogens (primary N) is 1. The summed E-state index contributed by atoms with van der Waals surface area (Å²) < 4.78 is 10.6. The van der Waals surface area contributed by atoms with Gasteiger partial charge in [-0.05, 0) is 36.4 Å². The third kappa shape index (κ3) is 3.10. The Kier molecular flexibility index (Phi) is 4.53. The molecule has 5 nitrogen and oxygen atoms in total. The Morgan fingerprint density at radius 2 is 1.68 bits per heavy atom. The van der Waals surface area contributed by atoms with Crippen molar-refractivity contribution in [3.05, 3.63) is 60.2 Å². The smallest absolute Gasteiger partial charge is 0.142 e. The van der Waals surface area contributed by atoms with Crippen LogP contribution in [0.5, 0.6) is 11.5 Å². The summed E-state index contributed by atoms with van der Waals surface area (Å²) >= 11 is 0. The van der Waals surface area contributed by atoms with Crippen LogP contribution in [-0.2, 0) is 0 Å². The lowest BCUT2D eigenvalue weighted by Gasteiger charge is -2.13. The van der Waals surface area contributed by atoms with Crippen LogP contribution in [0.1, 0.15) is 5.56 Å². The monoisotopic (exact) mass is 331 g/mol. The molecule has 0 aliphatic carbocycles. The molecular formula is C20H17N3O2. The summed E-state index contributed by atoms with van der Waals surface area (Å²) in [6.07, 6.45) is 0. The highest BCUT2D eigenvalue weighted by atomic mass is 16.5. The highest BCUT2D eigenvalue weighted by Crippen LogP contribution is 2.36. The summed E-state index contributed by atoms with van der Waals surface area (Å²) in [7, 11) is 3.21. The predicted molar refractivity (Wildman–Crippen MR) is 97.3 cm³/mol. The first kappa shape index (κ1) is 16.3. The summed E-state index contributed by atoms with van der Waals surface area (Å²) in [6, 6.07) is 19.0. The fourth-order valence-corrected chi connectivity index (χ4v) is 2.67. The van der Waals surface area contributed by atoms with Gasteiger partial charge >= 0.3 is 0 Å². The third-order valence-corrected chi connectivity index (χ3v) is 3.94. The average molecular weight is 331 g/mol. The Morgan fingerprint density at radius 1 is 0.960 bits per heavy atom. The first-order valence-electron chi connectivity index (χ1n) is 7.66. The summed E-state index contributed by atoms with van der Waals surface area (Å²) in [6.45, 7) is 0. The van der Waals surface area contributed by atoms with E-state index < -0.39 is 0 Å². The van der Waals surface area contributed by atoms with Crippen molar-refractivity contribution in [2.24, 2.45) is 0 Å². The molecule has 0 aliphatic rings. The number of rotatable bonds is 4. The molecule has 5 heteroatoms. The minimum atomic E-state index is 0.191. The largest absolute Gasteiger partial charge is 0.497 e. The van der Waals surface area contributed by atoms with E-state index >= 15 is 0 Å². The molecule has 0 aliphatic heterocycles. The van der Waals surface area contributed by atoms with E-state index in [1.807, 2.05) is 54.6 Å². The SMILES string of the molecule is COc1ccc(-c2cc(-c3ccccc3OC)c(C#N)c(N)n2)cc1. The summed E-state index contributed by atoms with van der Waals surface area (Å²) in [5.74, 6) is 1.62. The van der Waals surface area contributed by atoms with Gasteiger partial charge < -0.3 is 15.2 Å². The Bertz CT molecular complexity index is 944. The van der Waals surface area contributed by atoms with Gasteiger partial charge in [0, 0.05) is 16.7 Å². The molecule has 2 N–H and O–H groups in total. The van der Waals surface area contributed by atoms with Crippen molar-refractivity contribution in [3.63, 3.8) is 0 Å². The normalized spacial score (nSPS) is 10.1. The van der Waals surface area contributed by atoms with E-state index in [9.17, 15) is 5.26 Å². The second-order valence-corrected chi connectivity index (χ2v) is 5.36. The Morgan fingerprint density at radius 3 is 2.32 bits per heavy atom. The zero-order valence-corrected chi connectivity index (χ0v) is 14.0. The average Bonchev–Trinajstić information content (AvgIpc) is 2.67. The van der Waals surface area contributed by atoms with Crippen LogP contribution in [0.15, 0.2) is 54.6 Å². The number of nitriles is 1. The number of methoxy groups -OCH3 is 2. The molecule has 0 amide bonds. The van der Waals surface area contributed by atoms with Crippen molar-refractivity contribution < 1.29 is 9.47 Å². The number of para-hydroxylation sites is 1. The quantitative estimate of drug-likeness (QED) is 0.784. The highest BCUT2D eigenvalue weighted by molar-refractivity contribution is 5.83. The molecule has 0 unspecified atom stereocenters. The van der Waals surface area contributed by atoms with E-state index in [2.05, 4.69) is 11.1 Å². The number of anilines is 1. The number of ether oxygens (including phenoxy) is 2. The van der Waals surface area contributed by atoms with Crippen LogP contribution in [0.2, 0.25) is 0 Å². The minimum Gasteiger partial charge on any atom is -0.497 e. The van der Waals surface area contributed by atoms with Gasteiger partial charge in [-0.3, -0.25) is 0 Å². The van der Waals surface area contributed by atoms with Crippen molar-refractivity contribution in [3.8, 4) is 40.0 Å². The van der Waals surface area contributed by atoms with Crippen LogP contribution in [-0.4, -0.2) is 19.2 Å². The zero-order chi connectivity index (χ0) is 17.8. The van der Waals surface area contributed by atoms with E-state index in [1.165, 1.54) is 0 Å². The predicted octanol–water partition coefficient (Wildman–Crippen LogP) is 3.89. The van der Waals surface area contributed by atoms with E-state index in [0.717, 1.165) is 16.9 Å². The summed E-state index contributed by atoms with van der Waals surface area (Å²) in [5, 5.41) is 9.53. The molecule has 1 aromatic heterocycles. The standard InChI is InChI=1S/C20H17N3O2/c1-24-14-9-7-13(8-10-14)18-11-16(17(12-21)20(22)23-18)15-5-3-4-6-19(15)25-2/h3-11H,1-2H3,(H2,22,23). The van der Waals surface area contributed by atoms with Crippen molar-refractivity contribution >= 4 is 5.82 Å². The Balaban J connectivity index is 2.21. The Hall–Kier alpha value is -3.52. The molecule has 0 fully saturated rings. The topological polar surface area (TPSA) is 81.2 Å². The van der Waals surface area contributed by atoms with Gasteiger partial charge in [0.2, 0.25) is 0 Å². The number of benzene rings is 2. The second-order valence-electron chi connectivity index (χ2n) is 5.36. The van der Waals surface area contributed by atoms with Gasteiger partial charge in [0.1, 0.15) is 28.9 Å². The van der Waals surface area contributed by atoms with Gasteiger partial charge in [0.05, 0.1) is 19.9 Å². The molecule has 25 heavy (non-hydrogen) atoms. The van der Waals surface area contributed by atoms with E-state index in [1.54, 1.807) is 14.2 Å². The third-order valence-electron chi connectivity index (χ3n) is 3.94. The molecule has 2 aromatic carbocycles. The minimum absolute atomic E-state index is 0.191. The molecule has 0 spiro atoms. The van der Waals surface area contributed by atoms with Crippen molar-refractivity contribution in [1.29, 1.82) is 5.26 Å². The summed E-state index contributed by atoms with van der Waals surface area (Å²) in [4.78, 5) is 4.39. The van der Waals surface area contributed by atoms with Gasteiger partial charge in [-0.1, -0.05) is 18.2 Å². The molecule has 0 radical (unpaired) electrons. The van der Waals surface area contributed by atoms with Crippen LogP contribution >= 0.6 is 0 Å².